The molecule has 0 spiro atoms. The molecule has 1 aromatic rings. The first kappa shape index (κ1) is 9.02. The quantitative estimate of drug-likeness (QED) is 0.781. The van der Waals surface area contributed by atoms with E-state index in [0.29, 0.717) is 11.6 Å². The van der Waals surface area contributed by atoms with Crippen LogP contribution in [0.25, 0.3) is 0 Å². The summed E-state index contributed by atoms with van der Waals surface area (Å²) in [5.41, 5.74) is 0.637. The summed E-state index contributed by atoms with van der Waals surface area (Å²) in [6.07, 6.45) is 4.34. The maximum Gasteiger partial charge on any atom is 0.264 e. The lowest BCUT2D eigenvalue weighted by atomic mass is 10.2. The first-order valence-electron chi connectivity index (χ1n) is 4.04. The molecule has 6 heteroatoms. The second kappa shape index (κ2) is 2.99. The van der Waals surface area contributed by atoms with Gasteiger partial charge in [-0.25, -0.2) is 8.42 Å². The zero-order chi connectivity index (χ0) is 9.47. The molecule has 0 atom stereocenters. The Balaban J connectivity index is 2.29. The van der Waals surface area contributed by atoms with Gasteiger partial charge in [0.1, 0.15) is 4.90 Å². The summed E-state index contributed by atoms with van der Waals surface area (Å²) >= 11 is 0. The Morgan fingerprint density at radius 2 is 2.31 bits per heavy atom. The van der Waals surface area contributed by atoms with Crippen molar-refractivity contribution in [3.63, 3.8) is 0 Å². The van der Waals surface area contributed by atoms with Crippen LogP contribution in [0.5, 0.6) is 0 Å². The fourth-order valence-electron chi connectivity index (χ4n) is 1.27. The molecule has 1 aromatic heterocycles. The Hall–Kier alpha value is -0.550. The average molecular weight is 221 g/mol. The summed E-state index contributed by atoms with van der Waals surface area (Å²) in [6.45, 7) is 0. The number of aromatic amines is 1. The molecule has 1 aliphatic carbocycles. The third-order valence-electron chi connectivity index (χ3n) is 2.13. The van der Waals surface area contributed by atoms with Crippen molar-refractivity contribution in [3.05, 3.63) is 11.9 Å². The van der Waals surface area contributed by atoms with Gasteiger partial charge < -0.3 is 0 Å². The van der Waals surface area contributed by atoms with Gasteiger partial charge in [0.25, 0.3) is 9.05 Å². The van der Waals surface area contributed by atoms with Crippen LogP contribution in [-0.4, -0.2) is 18.6 Å². The second-order valence-electron chi connectivity index (χ2n) is 3.30. The van der Waals surface area contributed by atoms with E-state index in [1.807, 2.05) is 0 Å². The van der Waals surface area contributed by atoms with Crippen molar-refractivity contribution < 1.29 is 8.42 Å². The Morgan fingerprint density at radius 1 is 1.62 bits per heavy atom. The van der Waals surface area contributed by atoms with Crippen LogP contribution >= 0.6 is 10.7 Å². The lowest BCUT2D eigenvalue weighted by Gasteiger charge is -1.96. The highest BCUT2D eigenvalue weighted by molar-refractivity contribution is 8.13. The van der Waals surface area contributed by atoms with E-state index in [-0.39, 0.29) is 4.90 Å². The van der Waals surface area contributed by atoms with Crippen LogP contribution in [-0.2, 0) is 15.5 Å². The highest BCUT2D eigenvalue weighted by Gasteiger charge is 2.26. The van der Waals surface area contributed by atoms with E-state index in [2.05, 4.69) is 10.2 Å². The summed E-state index contributed by atoms with van der Waals surface area (Å²) in [4.78, 5) is 0.126. The number of hydrogen-bond donors (Lipinski definition) is 1. The Labute approximate surface area is 80.7 Å². The predicted molar refractivity (Wildman–Crippen MR) is 48.1 cm³/mol. The summed E-state index contributed by atoms with van der Waals surface area (Å²) in [5, 5.41) is 6.35. The molecule has 13 heavy (non-hydrogen) atoms. The fourth-order valence-corrected chi connectivity index (χ4v) is 2.27. The van der Waals surface area contributed by atoms with Gasteiger partial charge in [-0.2, -0.15) is 5.10 Å². The number of rotatable bonds is 3. The van der Waals surface area contributed by atoms with Crippen molar-refractivity contribution in [2.45, 2.75) is 24.2 Å². The maximum atomic E-state index is 11.0. The van der Waals surface area contributed by atoms with Crippen LogP contribution < -0.4 is 0 Å². The largest absolute Gasteiger partial charge is 0.281 e. The van der Waals surface area contributed by atoms with Gasteiger partial charge in [0.05, 0.1) is 11.9 Å². The molecule has 0 saturated heterocycles. The number of aromatic nitrogens is 2. The molecule has 0 aromatic carbocycles. The standard InChI is InChI=1S/C7H9ClN2O2S/c8-13(11,12)7-4-9-10-6(7)3-5-1-2-5/h4-5H,1-3H2,(H,9,10). The van der Waals surface area contributed by atoms with Gasteiger partial charge in [0.15, 0.2) is 0 Å². The Kier molecular flexibility index (Phi) is 2.08. The topological polar surface area (TPSA) is 62.8 Å². The van der Waals surface area contributed by atoms with E-state index < -0.39 is 9.05 Å². The normalized spacial score (nSPS) is 17.6. The molecule has 0 unspecified atom stereocenters. The van der Waals surface area contributed by atoms with Gasteiger partial charge in [-0.1, -0.05) is 0 Å². The van der Waals surface area contributed by atoms with E-state index in [1.165, 1.54) is 19.0 Å². The van der Waals surface area contributed by atoms with Crippen molar-refractivity contribution in [1.82, 2.24) is 10.2 Å². The molecule has 1 fully saturated rings. The minimum atomic E-state index is -3.63. The van der Waals surface area contributed by atoms with E-state index in [4.69, 9.17) is 10.7 Å². The van der Waals surface area contributed by atoms with Gasteiger partial charge in [0.2, 0.25) is 0 Å². The third-order valence-corrected chi connectivity index (χ3v) is 3.51. The molecule has 0 amide bonds. The van der Waals surface area contributed by atoms with Gasteiger partial charge in [-0.3, -0.25) is 5.10 Å². The number of nitrogens with zero attached hydrogens (tertiary/aromatic N) is 1. The van der Waals surface area contributed by atoms with Crippen LogP contribution in [0.1, 0.15) is 18.5 Å². The third kappa shape index (κ3) is 2.03. The highest BCUT2D eigenvalue weighted by atomic mass is 35.7. The minimum absolute atomic E-state index is 0.126. The molecular weight excluding hydrogens is 212 g/mol. The number of hydrogen-bond acceptors (Lipinski definition) is 3. The van der Waals surface area contributed by atoms with Crippen molar-refractivity contribution in [2.24, 2.45) is 5.92 Å². The predicted octanol–water partition coefficient (Wildman–Crippen LogP) is 1.29. The van der Waals surface area contributed by atoms with Crippen LogP contribution in [0.3, 0.4) is 0 Å². The smallest absolute Gasteiger partial charge is 0.264 e. The van der Waals surface area contributed by atoms with Gasteiger partial charge in [-0.15, -0.1) is 0 Å². The molecule has 2 rings (SSSR count). The van der Waals surface area contributed by atoms with Crippen LogP contribution in [0.4, 0.5) is 0 Å². The lowest BCUT2D eigenvalue weighted by Crippen LogP contribution is -1.96. The molecule has 72 valence electrons. The molecule has 0 bridgehead atoms. The van der Waals surface area contributed by atoms with Gasteiger partial charge >= 0.3 is 0 Å². The molecular formula is C7H9ClN2O2S. The minimum Gasteiger partial charge on any atom is -0.281 e. The zero-order valence-electron chi connectivity index (χ0n) is 6.83. The van der Waals surface area contributed by atoms with Gasteiger partial charge in [0, 0.05) is 10.7 Å². The number of halogens is 1. The van der Waals surface area contributed by atoms with Crippen LogP contribution in [0, 0.1) is 5.92 Å². The molecule has 1 aliphatic rings. The molecule has 4 nitrogen and oxygen atoms in total. The summed E-state index contributed by atoms with van der Waals surface area (Å²) < 4.78 is 22.0. The SMILES string of the molecule is O=S(=O)(Cl)c1cn[nH]c1CC1CC1. The summed E-state index contributed by atoms with van der Waals surface area (Å²) in [7, 11) is 1.59. The van der Waals surface area contributed by atoms with Crippen molar-refractivity contribution in [1.29, 1.82) is 0 Å². The fraction of sp³-hybridized carbons (Fsp3) is 0.571. The molecule has 0 radical (unpaired) electrons. The first-order valence-corrected chi connectivity index (χ1v) is 6.35. The number of nitrogens with one attached hydrogen (secondary N) is 1. The van der Waals surface area contributed by atoms with Crippen molar-refractivity contribution in [3.8, 4) is 0 Å². The van der Waals surface area contributed by atoms with Crippen LogP contribution in [0.2, 0.25) is 0 Å². The second-order valence-corrected chi connectivity index (χ2v) is 5.83. The highest BCUT2D eigenvalue weighted by Crippen LogP contribution is 2.33. The number of H-pyrrole nitrogens is 1. The molecule has 1 saturated carbocycles. The summed E-state index contributed by atoms with van der Waals surface area (Å²) in [6, 6.07) is 0. The Morgan fingerprint density at radius 3 is 2.85 bits per heavy atom. The van der Waals surface area contributed by atoms with Crippen molar-refractivity contribution in [2.75, 3.05) is 0 Å². The van der Waals surface area contributed by atoms with E-state index >= 15 is 0 Å². The molecule has 1 heterocycles. The van der Waals surface area contributed by atoms with Gasteiger partial charge in [-0.05, 0) is 25.2 Å². The zero-order valence-corrected chi connectivity index (χ0v) is 8.40. The van der Waals surface area contributed by atoms with E-state index in [0.717, 1.165) is 6.42 Å². The molecule has 0 aliphatic heterocycles. The van der Waals surface area contributed by atoms with Crippen molar-refractivity contribution >= 4 is 19.7 Å². The first-order chi connectivity index (χ1) is 6.07. The van der Waals surface area contributed by atoms with E-state index in [1.54, 1.807) is 0 Å². The maximum absolute atomic E-state index is 11.0. The summed E-state index contributed by atoms with van der Waals surface area (Å²) in [5.74, 6) is 0.609. The van der Waals surface area contributed by atoms with Crippen LogP contribution in [0.15, 0.2) is 11.1 Å². The lowest BCUT2D eigenvalue weighted by molar-refractivity contribution is 0.608. The Bertz CT molecular complexity index is 408. The average Bonchev–Trinajstić information content (AvgIpc) is 2.63. The molecule has 1 N–H and O–H groups in total. The van der Waals surface area contributed by atoms with E-state index in [9.17, 15) is 8.42 Å². The monoisotopic (exact) mass is 220 g/mol.